The Morgan fingerprint density at radius 2 is 1.62 bits per heavy atom. The minimum atomic E-state index is -0.808. The van der Waals surface area contributed by atoms with E-state index in [4.69, 9.17) is 14.2 Å². The molecule has 9 heteroatoms. The highest BCUT2D eigenvalue weighted by molar-refractivity contribution is 6.00. The van der Waals surface area contributed by atoms with Crippen LogP contribution in [0.2, 0.25) is 0 Å². The molecule has 0 fully saturated rings. The highest BCUT2D eigenvalue weighted by Crippen LogP contribution is 2.28. The van der Waals surface area contributed by atoms with Crippen LogP contribution < -0.4 is 25.4 Å². The standard InChI is InChI=1S/C25H31N3O6/c1-16(26-22(29)14-9-17-7-11-19(32-5)12-8-17)23(30)27-18-10-13-21(33-6)20(15-18)28-24(31)34-25(2,3)4/h7-16H,1-6H3,(H,26,29)(H,27,30)(H,28,31)/b14-9+. The lowest BCUT2D eigenvalue weighted by Gasteiger charge is -2.20. The zero-order valence-electron chi connectivity index (χ0n) is 20.2. The summed E-state index contributed by atoms with van der Waals surface area (Å²) in [7, 11) is 3.04. The lowest BCUT2D eigenvalue weighted by Crippen LogP contribution is -2.40. The fourth-order valence-corrected chi connectivity index (χ4v) is 2.76. The summed E-state index contributed by atoms with van der Waals surface area (Å²) in [5, 5.41) is 7.93. The number of hydrogen-bond acceptors (Lipinski definition) is 6. The smallest absolute Gasteiger partial charge is 0.412 e. The molecule has 0 aliphatic heterocycles. The molecule has 0 radical (unpaired) electrons. The molecule has 0 bridgehead atoms. The van der Waals surface area contributed by atoms with Gasteiger partial charge in [-0.3, -0.25) is 14.9 Å². The highest BCUT2D eigenvalue weighted by Gasteiger charge is 2.19. The van der Waals surface area contributed by atoms with Crippen LogP contribution in [0.5, 0.6) is 11.5 Å². The van der Waals surface area contributed by atoms with Crippen molar-refractivity contribution in [3.63, 3.8) is 0 Å². The van der Waals surface area contributed by atoms with Gasteiger partial charge in [-0.1, -0.05) is 12.1 Å². The van der Waals surface area contributed by atoms with Gasteiger partial charge in [0.1, 0.15) is 23.1 Å². The topological polar surface area (TPSA) is 115 Å². The number of hydrogen-bond donors (Lipinski definition) is 3. The number of carbonyl (C=O) groups is 3. The summed E-state index contributed by atoms with van der Waals surface area (Å²) in [5.74, 6) is 0.267. The molecule has 1 unspecified atom stereocenters. The molecule has 182 valence electrons. The lowest BCUT2D eigenvalue weighted by molar-refractivity contribution is -0.123. The van der Waals surface area contributed by atoms with Gasteiger partial charge >= 0.3 is 6.09 Å². The second-order valence-corrected chi connectivity index (χ2v) is 8.37. The summed E-state index contributed by atoms with van der Waals surface area (Å²) in [6.07, 6.45) is 2.33. The van der Waals surface area contributed by atoms with E-state index < -0.39 is 29.6 Å². The molecule has 1 atom stereocenters. The van der Waals surface area contributed by atoms with Crippen LogP contribution in [0.15, 0.2) is 48.5 Å². The van der Waals surface area contributed by atoms with Gasteiger partial charge in [0, 0.05) is 11.8 Å². The van der Waals surface area contributed by atoms with Crippen LogP contribution in [0.25, 0.3) is 6.08 Å². The van der Waals surface area contributed by atoms with Gasteiger partial charge in [0.15, 0.2) is 0 Å². The second-order valence-electron chi connectivity index (χ2n) is 8.37. The summed E-state index contributed by atoms with van der Waals surface area (Å²) in [4.78, 5) is 36.9. The summed E-state index contributed by atoms with van der Waals surface area (Å²) in [6, 6.07) is 11.1. The van der Waals surface area contributed by atoms with Gasteiger partial charge in [0.25, 0.3) is 0 Å². The van der Waals surface area contributed by atoms with E-state index >= 15 is 0 Å². The third-order valence-electron chi connectivity index (χ3n) is 4.40. The molecule has 34 heavy (non-hydrogen) atoms. The van der Waals surface area contributed by atoms with Gasteiger partial charge in [0.05, 0.1) is 19.9 Å². The van der Waals surface area contributed by atoms with Gasteiger partial charge in [0.2, 0.25) is 11.8 Å². The maximum atomic E-state index is 12.6. The normalized spacial score (nSPS) is 11.9. The summed E-state index contributed by atoms with van der Waals surface area (Å²) >= 11 is 0. The van der Waals surface area contributed by atoms with E-state index in [9.17, 15) is 14.4 Å². The number of carbonyl (C=O) groups excluding carboxylic acids is 3. The predicted molar refractivity (Wildman–Crippen MR) is 131 cm³/mol. The molecule has 2 rings (SSSR count). The molecule has 0 aromatic heterocycles. The Morgan fingerprint density at radius 3 is 2.21 bits per heavy atom. The zero-order chi connectivity index (χ0) is 25.3. The maximum absolute atomic E-state index is 12.6. The molecule has 3 amide bonds. The summed E-state index contributed by atoms with van der Waals surface area (Å²) in [5.41, 5.74) is 0.884. The minimum absolute atomic E-state index is 0.327. The van der Waals surface area contributed by atoms with E-state index in [0.717, 1.165) is 11.3 Å². The van der Waals surface area contributed by atoms with Crippen LogP contribution in [0.1, 0.15) is 33.3 Å². The summed E-state index contributed by atoms with van der Waals surface area (Å²) in [6.45, 7) is 6.82. The molecular formula is C25H31N3O6. The Balaban J connectivity index is 1.98. The molecule has 0 aliphatic rings. The molecule has 2 aromatic rings. The van der Waals surface area contributed by atoms with Crippen molar-refractivity contribution < 1.29 is 28.6 Å². The van der Waals surface area contributed by atoms with Gasteiger partial charge in [-0.2, -0.15) is 0 Å². The predicted octanol–water partition coefficient (Wildman–Crippen LogP) is 4.21. The van der Waals surface area contributed by atoms with Crippen molar-refractivity contribution in [2.75, 3.05) is 24.9 Å². The van der Waals surface area contributed by atoms with Crippen molar-refractivity contribution in [3.05, 3.63) is 54.1 Å². The quantitative estimate of drug-likeness (QED) is 0.499. The minimum Gasteiger partial charge on any atom is -0.497 e. The van der Waals surface area contributed by atoms with Crippen molar-refractivity contribution in [2.45, 2.75) is 39.3 Å². The molecule has 0 aliphatic carbocycles. The molecule has 9 nitrogen and oxygen atoms in total. The number of nitrogens with one attached hydrogen (secondary N) is 3. The third-order valence-corrected chi connectivity index (χ3v) is 4.40. The van der Waals surface area contributed by atoms with Crippen LogP contribution in [0.3, 0.4) is 0 Å². The average molecular weight is 470 g/mol. The number of ether oxygens (including phenoxy) is 3. The first-order chi connectivity index (χ1) is 16.0. The molecule has 2 aromatic carbocycles. The average Bonchev–Trinajstić information content (AvgIpc) is 2.76. The van der Waals surface area contributed by atoms with Crippen LogP contribution in [-0.4, -0.2) is 43.8 Å². The zero-order valence-corrected chi connectivity index (χ0v) is 20.2. The van der Waals surface area contributed by atoms with Gasteiger partial charge in [-0.25, -0.2) is 4.79 Å². The fraction of sp³-hybridized carbons (Fsp3) is 0.320. The van der Waals surface area contributed by atoms with Crippen LogP contribution >= 0.6 is 0 Å². The first kappa shape index (κ1) is 26.2. The number of benzene rings is 2. The Hall–Kier alpha value is -4.01. The molecule has 0 heterocycles. The van der Waals surface area contributed by atoms with Crippen LogP contribution in [0, 0.1) is 0 Å². The van der Waals surface area contributed by atoms with Gasteiger partial charge < -0.3 is 24.8 Å². The van der Waals surface area contributed by atoms with Gasteiger partial charge in [-0.15, -0.1) is 0 Å². The first-order valence-corrected chi connectivity index (χ1v) is 10.6. The summed E-state index contributed by atoms with van der Waals surface area (Å²) < 4.78 is 15.6. The first-order valence-electron chi connectivity index (χ1n) is 10.6. The van der Waals surface area contributed by atoms with E-state index in [1.165, 1.54) is 13.2 Å². The van der Waals surface area contributed by atoms with E-state index in [1.54, 1.807) is 71.2 Å². The van der Waals surface area contributed by atoms with Crippen molar-refractivity contribution in [1.82, 2.24) is 5.32 Å². The van der Waals surface area contributed by atoms with Crippen LogP contribution in [-0.2, 0) is 14.3 Å². The van der Waals surface area contributed by atoms with Crippen molar-refractivity contribution in [1.29, 1.82) is 0 Å². The van der Waals surface area contributed by atoms with E-state index in [2.05, 4.69) is 16.0 Å². The van der Waals surface area contributed by atoms with Crippen molar-refractivity contribution in [2.24, 2.45) is 0 Å². The number of amides is 3. The highest BCUT2D eigenvalue weighted by atomic mass is 16.6. The van der Waals surface area contributed by atoms with Crippen LogP contribution in [0.4, 0.5) is 16.2 Å². The van der Waals surface area contributed by atoms with Crippen molar-refractivity contribution >= 4 is 35.4 Å². The Kier molecular flexibility index (Phi) is 9.06. The fourth-order valence-electron chi connectivity index (χ4n) is 2.76. The van der Waals surface area contributed by atoms with Crippen molar-refractivity contribution in [3.8, 4) is 11.5 Å². The molecule has 0 spiro atoms. The number of methoxy groups -OCH3 is 2. The van der Waals surface area contributed by atoms with E-state index in [-0.39, 0.29) is 0 Å². The Labute approximate surface area is 199 Å². The lowest BCUT2D eigenvalue weighted by atomic mass is 10.2. The third kappa shape index (κ3) is 8.50. The number of rotatable bonds is 8. The van der Waals surface area contributed by atoms with E-state index in [0.29, 0.717) is 17.1 Å². The largest absolute Gasteiger partial charge is 0.497 e. The van der Waals surface area contributed by atoms with Gasteiger partial charge in [-0.05, 0) is 69.7 Å². The maximum Gasteiger partial charge on any atom is 0.412 e. The van der Waals surface area contributed by atoms with E-state index in [1.807, 2.05) is 12.1 Å². The molecular weight excluding hydrogens is 438 g/mol. The second kappa shape index (κ2) is 11.7. The molecule has 0 saturated carbocycles. The monoisotopic (exact) mass is 469 g/mol. The molecule has 3 N–H and O–H groups in total. The Bertz CT molecular complexity index is 1040. The SMILES string of the molecule is COc1ccc(/C=C/C(=O)NC(C)C(=O)Nc2ccc(OC)c(NC(=O)OC(C)(C)C)c2)cc1. The molecule has 0 saturated heterocycles. The number of anilines is 2. The Morgan fingerprint density at radius 1 is 0.941 bits per heavy atom.